The Labute approximate surface area is 432 Å². The summed E-state index contributed by atoms with van der Waals surface area (Å²) in [6.45, 7) is 14.3. The Morgan fingerprint density at radius 3 is 0.947 bits per heavy atom. The lowest BCUT2D eigenvalue weighted by Gasteiger charge is -2.23. The largest absolute Gasteiger partial charge is 0.417 e. The van der Waals surface area contributed by atoms with Gasteiger partial charge in [0.25, 0.3) is 0 Å². The Hall–Kier alpha value is -9.76. The first kappa shape index (κ1) is 47.3. The molecule has 0 aliphatic carbocycles. The first-order chi connectivity index (χ1) is 36.5. The van der Waals surface area contributed by atoms with E-state index >= 15 is 13.2 Å². The van der Waals surface area contributed by atoms with Crippen LogP contribution in [0.5, 0.6) is 0 Å². The van der Waals surface area contributed by atoms with E-state index in [-0.39, 0.29) is 28.1 Å². The number of alkyl halides is 3. The van der Waals surface area contributed by atoms with Crippen LogP contribution in [0.15, 0.2) is 109 Å². The third-order valence-electron chi connectivity index (χ3n) is 13.2. The number of hydrogen-bond donors (Lipinski definition) is 0. The fraction of sp³-hybridized carbons (Fsp3) is 0.155. The Morgan fingerprint density at radius 2 is 0.671 bits per heavy atom. The molecule has 0 aliphatic rings. The van der Waals surface area contributed by atoms with Crippen molar-refractivity contribution in [2.75, 3.05) is 0 Å². The summed E-state index contributed by atoms with van der Waals surface area (Å²) >= 11 is 0. The SMILES string of the molecule is Cc1nc(C)nc(-c2ccc3c4ccc(-c5nc(C)nc(C)n5)cc4n(-c4cc(C#N)cc(-n5c6cc(-c7nc(C)nc(C)n7)ccc6c6ccc(-c7nc(C)nc(C)n7)cc65)c4-c4ccccc4C(F)(F)F)c3c2)n1. The number of aryl methyl sites for hydroxylation is 8. The van der Waals surface area contributed by atoms with Gasteiger partial charge in [-0.25, -0.2) is 59.8 Å². The molecule has 0 radical (unpaired) electrons. The van der Waals surface area contributed by atoms with Gasteiger partial charge in [-0.15, -0.1) is 0 Å². The molecule has 6 heterocycles. The zero-order valence-corrected chi connectivity index (χ0v) is 42.2. The molecule has 76 heavy (non-hydrogen) atoms. The number of rotatable bonds is 7. The highest BCUT2D eigenvalue weighted by atomic mass is 19.4. The fourth-order valence-electron chi connectivity index (χ4n) is 10.3. The zero-order valence-electron chi connectivity index (χ0n) is 42.2. The van der Waals surface area contributed by atoms with Gasteiger partial charge in [0, 0.05) is 49.4 Å². The number of nitriles is 1. The van der Waals surface area contributed by atoms with Gasteiger partial charge in [0.15, 0.2) is 23.3 Å². The normalized spacial score (nSPS) is 11.9. The van der Waals surface area contributed by atoms with E-state index in [1.807, 2.05) is 81.9 Å². The lowest BCUT2D eigenvalue weighted by atomic mass is 9.94. The summed E-state index contributed by atoms with van der Waals surface area (Å²) in [5.74, 6) is 5.83. The number of halogens is 3. The van der Waals surface area contributed by atoms with Gasteiger partial charge in [-0.3, -0.25) is 0 Å². The number of aromatic nitrogens is 14. The molecule has 0 fully saturated rings. The second kappa shape index (κ2) is 17.7. The van der Waals surface area contributed by atoms with Crippen LogP contribution in [0.3, 0.4) is 0 Å². The lowest BCUT2D eigenvalue weighted by Crippen LogP contribution is -2.11. The molecular weight excluding hydrogens is 964 g/mol. The van der Waals surface area contributed by atoms with Gasteiger partial charge in [0.05, 0.1) is 50.6 Å². The molecule has 0 N–H and O–H groups in total. The molecule has 0 saturated heterocycles. The highest BCUT2D eigenvalue weighted by molar-refractivity contribution is 6.14. The molecule has 12 aromatic rings. The predicted octanol–water partition coefficient (Wildman–Crippen LogP) is 12.3. The maximum atomic E-state index is 15.9. The molecule has 0 saturated carbocycles. The summed E-state index contributed by atoms with van der Waals surface area (Å²) in [5, 5.41) is 14.3. The van der Waals surface area contributed by atoms with Gasteiger partial charge in [-0.2, -0.15) is 18.4 Å². The lowest BCUT2D eigenvalue weighted by molar-refractivity contribution is -0.137. The number of hydrogen-bond acceptors (Lipinski definition) is 13. The summed E-state index contributed by atoms with van der Waals surface area (Å²) in [5.41, 5.74) is 4.84. The van der Waals surface area contributed by atoms with Gasteiger partial charge in [-0.05, 0) is 103 Å². The maximum absolute atomic E-state index is 15.9. The second-order valence-electron chi connectivity index (χ2n) is 18.7. The van der Waals surface area contributed by atoms with Crippen molar-refractivity contribution < 1.29 is 13.2 Å². The van der Waals surface area contributed by atoms with Crippen LogP contribution < -0.4 is 0 Å². The van der Waals surface area contributed by atoms with E-state index in [1.54, 1.807) is 73.6 Å². The quantitative estimate of drug-likeness (QED) is 0.147. The summed E-state index contributed by atoms with van der Waals surface area (Å²) in [6, 6.07) is 34.4. The molecule has 0 unspecified atom stereocenters. The molecule has 0 aliphatic heterocycles. The van der Waals surface area contributed by atoms with E-state index in [9.17, 15) is 5.26 Å². The minimum absolute atomic E-state index is 0.131. The average Bonchev–Trinajstić information content (AvgIpc) is 3.94. The van der Waals surface area contributed by atoms with Crippen LogP contribution in [0.25, 0.3) is 112 Å². The first-order valence-corrected chi connectivity index (χ1v) is 24.2. The van der Waals surface area contributed by atoms with Gasteiger partial charge in [0.1, 0.15) is 46.6 Å². The average molecular weight is 1010 g/mol. The number of benzene rings is 6. The van der Waals surface area contributed by atoms with E-state index in [0.29, 0.717) is 114 Å². The Bertz CT molecular complexity index is 3930. The first-order valence-electron chi connectivity index (χ1n) is 24.2. The van der Waals surface area contributed by atoms with Gasteiger partial charge >= 0.3 is 6.18 Å². The molecule has 370 valence electrons. The van der Waals surface area contributed by atoms with Crippen molar-refractivity contribution in [3.63, 3.8) is 0 Å². The monoisotopic (exact) mass is 1010 g/mol. The number of fused-ring (bicyclic) bond motifs is 6. The number of nitrogens with zero attached hydrogens (tertiary/aromatic N) is 15. The van der Waals surface area contributed by atoms with E-state index < -0.39 is 11.7 Å². The van der Waals surface area contributed by atoms with Gasteiger partial charge < -0.3 is 9.13 Å². The zero-order chi connectivity index (χ0) is 52.9. The summed E-state index contributed by atoms with van der Waals surface area (Å²) in [4.78, 5) is 55.3. The van der Waals surface area contributed by atoms with Crippen molar-refractivity contribution in [1.82, 2.24) is 68.9 Å². The topological polar surface area (TPSA) is 188 Å². The van der Waals surface area contributed by atoms with E-state index in [2.05, 4.69) is 26.0 Å². The Morgan fingerprint density at radius 1 is 0.382 bits per heavy atom. The molecular formula is C58H42F3N15. The van der Waals surface area contributed by atoms with Crippen molar-refractivity contribution >= 4 is 43.6 Å². The summed E-state index contributed by atoms with van der Waals surface area (Å²) < 4.78 is 51.6. The van der Waals surface area contributed by atoms with Crippen molar-refractivity contribution in [1.29, 1.82) is 5.26 Å². The van der Waals surface area contributed by atoms with Crippen molar-refractivity contribution in [3.8, 4) is 74.1 Å². The highest BCUT2D eigenvalue weighted by Gasteiger charge is 2.36. The van der Waals surface area contributed by atoms with Crippen molar-refractivity contribution in [3.05, 3.63) is 167 Å². The highest BCUT2D eigenvalue weighted by Crippen LogP contribution is 2.47. The molecule has 6 aromatic carbocycles. The van der Waals surface area contributed by atoms with Crippen LogP contribution in [0.4, 0.5) is 13.2 Å². The van der Waals surface area contributed by atoms with Crippen LogP contribution >= 0.6 is 0 Å². The Balaban J connectivity index is 1.28. The fourth-order valence-corrected chi connectivity index (χ4v) is 10.3. The van der Waals surface area contributed by atoms with Crippen molar-refractivity contribution in [2.45, 2.75) is 61.6 Å². The van der Waals surface area contributed by atoms with Crippen LogP contribution in [-0.4, -0.2) is 68.9 Å². The summed E-state index contributed by atoms with van der Waals surface area (Å²) in [6.07, 6.45) is -4.83. The molecule has 18 heteroatoms. The third-order valence-corrected chi connectivity index (χ3v) is 13.2. The third kappa shape index (κ3) is 8.18. The maximum Gasteiger partial charge on any atom is 0.417 e. The molecule has 0 atom stereocenters. The molecule has 15 nitrogen and oxygen atoms in total. The standard InChI is InChI=1S/C58H42F3N15/c1-28-63-29(2)68-54(67-28)37-13-17-41-42-18-14-38(55-69-30(3)64-31(4)70-55)24-48(42)75(47(41)23-37)51-21-36(27-62)22-52(53(51)45-11-9-10-12-46(45)58(59,60)61)76-49-25-39(56-71-32(5)65-33(6)72-56)15-19-43(49)44-20-16-40(26-50(44)76)57-73-34(7)66-35(8)74-57/h9-26H,1-8H3. The van der Waals surface area contributed by atoms with E-state index in [1.165, 1.54) is 12.1 Å². The van der Waals surface area contributed by atoms with Crippen LogP contribution in [0.2, 0.25) is 0 Å². The van der Waals surface area contributed by atoms with E-state index in [0.717, 1.165) is 27.6 Å². The van der Waals surface area contributed by atoms with Gasteiger partial charge in [-0.1, -0.05) is 66.7 Å². The predicted molar refractivity (Wildman–Crippen MR) is 283 cm³/mol. The molecule has 0 spiro atoms. The smallest absolute Gasteiger partial charge is 0.308 e. The molecule has 12 rings (SSSR count). The Kier molecular flexibility index (Phi) is 11.0. The van der Waals surface area contributed by atoms with Crippen LogP contribution in [-0.2, 0) is 6.18 Å². The molecule has 6 aromatic heterocycles. The van der Waals surface area contributed by atoms with Crippen LogP contribution in [0, 0.1) is 66.7 Å². The molecule has 0 bridgehead atoms. The van der Waals surface area contributed by atoms with Crippen molar-refractivity contribution in [2.24, 2.45) is 0 Å². The van der Waals surface area contributed by atoms with E-state index in [4.69, 9.17) is 39.9 Å². The van der Waals surface area contributed by atoms with Gasteiger partial charge in [0.2, 0.25) is 0 Å². The van der Waals surface area contributed by atoms with Crippen LogP contribution in [0.1, 0.15) is 57.7 Å². The summed E-state index contributed by atoms with van der Waals surface area (Å²) in [7, 11) is 0. The minimum Gasteiger partial charge on any atom is -0.308 e. The second-order valence-corrected chi connectivity index (χ2v) is 18.7. The minimum atomic E-state index is -4.83. The molecule has 0 amide bonds.